The van der Waals surface area contributed by atoms with Crippen molar-refractivity contribution in [1.29, 1.82) is 0 Å². The molecule has 25 heavy (non-hydrogen) atoms. The van der Waals surface area contributed by atoms with Gasteiger partial charge in [0.05, 0.1) is 38.9 Å². The van der Waals surface area contributed by atoms with Crippen molar-refractivity contribution in [2.24, 2.45) is 0 Å². The summed E-state index contributed by atoms with van der Waals surface area (Å²) < 4.78 is 21.5. The highest BCUT2D eigenvalue weighted by atomic mass is 32.2. The first-order valence-corrected chi connectivity index (χ1v) is 8.67. The lowest BCUT2D eigenvalue weighted by Crippen LogP contribution is -2.14. The van der Waals surface area contributed by atoms with E-state index in [0.29, 0.717) is 35.0 Å². The van der Waals surface area contributed by atoms with Crippen LogP contribution in [0.1, 0.15) is 27.6 Å². The zero-order valence-electron chi connectivity index (χ0n) is 14.6. The molecule has 132 valence electrons. The second-order valence-electron chi connectivity index (χ2n) is 5.52. The fourth-order valence-electron chi connectivity index (χ4n) is 2.95. The first kappa shape index (κ1) is 17.5. The number of fused-ring (bicyclic) bond motifs is 1. The minimum Gasteiger partial charge on any atom is -0.496 e. The van der Waals surface area contributed by atoms with Gasteiger partial charge in [0.15, 0.2) is 17.3 Å². The molecule has 0 amide bonds. The highest BCUT2D eigenvalue weighted by Gasteiger charge is 2.32. The van der Waals surface area contributed by atoms with Gasteiger partial charge in [-0.25, -0.2) is 0 Å². The molecular formula is C19H20O5S. The lowest BCUT2D eigenvalue weighted by atomic mass is 10.00. The van der Waals surface area contributed by atoms with Crippen molar-refractivity contribution in [3.8, 4) is 23.0 Å². The van der Waals surface area contributed by atoms with E-state index in [9.17, 15) is 4.79 Å². The average molecular weight is 360 g/mol. The summed E-state index contributed by atoms with van der Waals surface area (Å²) >= 11 is 1.61. The smallest absolute Gasteiger partial charge is 0.169 e. The lowest BCUT2D eigenvalue weighted by molar-refractivity contribution is 0.0972. The van der Waals surface area contributed by atoms with E-state index in [4.69, 9.17) is 18.9 Å². The predicted octanol–water partition coefficient (Wildman–Crippen LogP) is 4.14. The van der Waals surface area contributed by atoms with Crippen LogP contribution in [-0.4, -0.2) is 34.2 Å². The maximum absolute atomic E-state index is 12.8. The summed E-state index contributed by atoms with van der Waals surface area (Å²) in [6, 6.07) is 9.34. The largest absolute Gasteiger partial charge is 0.496 e. The molecule has 0 saturated heterocycles. The third-order valence-electron chi connectivity index (χ3n) is 4.21. The number of methoxy groups -OCH3 is 4. The summed E-state index contributed by atoms with van der Waals surface area (Å²) in [5.74, 6) is 2.62. The first-order valence-electron chi connectivity index (χ1n) is 7.79. The molecule has 0 fully saturated rings. The minimum atomic E-state index is -0.0270. The molecular weight excluding hydrogens is 340 g/mol. The van der Waals surface area contributed by atoms with Gasteiger partial charge in [0, 0.05) is 11.7 Å². The van der Waals surface area contributed by atoms with Crippen molar-refractivity contribution < 1.29 is 23.7 Å². The van der Waals surface area contributed by atoms with Crippen molar-refractivity contribution in [2.45, 2.75) is 16.6 Å². The molecule has 1 atom stereocenters. The summed E-state index contributed by atoms with van der Waals surface area (Å²) in [6.45, 7) is 0. The van der Waals surface area contributed by atoms with Crippen molar-refractivity contribution >= 4 is 17.5 Å². The van der Waals surface area contributed by atoms with Crippen LogP contribution in [0.5, 0.6) is 23.0 Å². The van der Waals surface area contributed by atoms with Gasteiger partial charge >= 0.3 is 0 Å². The van der Waals surface area contributed by atoms with Gasteiger partial charge < -0.3 is 18.9 Å². The van der Waals surface area contributed by atoms with E-state index in [1.54, 1.807) is 46.3 Å². The minimum absolute atomic E-state index is 0.0270. The van der Waals surface area contributed by atoms with Crippen LogP contribution in [0.3, 0.4) is 0 Å². The van der Waals surface area contributed by atoms with Crippen LogP contribution in [0.25, 0.3) is 0 Å². The Hall–Kier alpha value is -2.34. The molecule has 0 aliphatic carbocycles. The van der Waals surface area contributed by atoms with E-state index in [0.717, 1.165) is 10.5 Å². The van der Waals surface area contributed by atoms with Gasteiger partial charge in [0.2, 0.25) is 0 Å². The highest BCUT2D eigenvalue weighted by molar-refractivity contribution is 7.99. The molecule has 3 rings (SSSR count). The van der Waals surface area contributed by atoms with Crippen LogP contribution in [-0.2, 0) is 0 Å². The third kappa shape index (κ3) is 3.14. The molecule has 0 aromatic heterocycles. The molecule has 2 aromatic rings. The van der Waals surface area contributed by atoms with Crippen LogP contribution in [0.15, 0.2) is 35.2 Å². The molecule has 0 spiro atoms. The first-order chi connectivity index (χ1) is 12.1. The molecule has 2 aromatic carbocycles. The van der Waals surface area contributed by atoms with Crippen LogP contribution in [0, 0.1) is 0 Å². The fourth-order valence-corrected chi connectivity index (χ4v) is 4.35. The summed E-state index contributed by atoms with van der Waals surface area (Å²) in [6.07, 6.45) is 0.386. The number of ether oxygens (including phenoxy) is 4. The Bertz CT molecular complexity index is 803. The van der Waals surface area contributed by atoms with Crippen LogP contribution in [0.4, 0.5) is 0 Å². The molecule has 0 bridgehead atoms. The summed E-state index contributed by atoms with van der Waals surface area (Å²) in [7, 11) is 6.38. The van der Waals surface area contributed by atoms with E-state index >= 15 is 0 Å². The van der Waals surface area contributed by atoms with Crippen LogP contribution in [0.2, 0.25) is 0 Å². The average Bonchev–Trinajstić information content (AvgIpc) is 2.66. The van der Waals surface area contributed by atoms with Gasteiger partial charge in [0.1, 0.15) is 11.5 Å². The van der Waals surface area contributed by atoms with Gasteiger partial charge in [-0.05, 0) is 29.8 Å². The summed E-state index contributed by atoms with van der Waals surface area (Å²) in [5.41, 5.74) is 1.61. The molecule has 1 aliphatic rings. The number of hydrogen-bond donors (Lipinski definition) is 0. The van der Waals surface area contributed by atoms with E-state index < -0.39 is 0 Å². The second-order valence-corrected chi connectivity index (χ2v) is 6.74. The fraction of sp³-hybridized carbons (Fsp3) is 0.316. The maximum atomic E-state index is 12.8. The number of carbonyl (C=O) groups is 1. The number of ketones is 1. The predicted molar refractivity (Wildman–Crippen MR) is 96.6 cm³/mol. The monoisotopic (exact) mass is 360 g/mol. The number of thioether (sulfide) groups is 1. The van der Waals surface area contributed by atoms with Gasteiger partial charge in [0.25, 0.3) is 0 Å². The van der Waals surface area contributed by atoms with Crippen LogP contribution >= 0.6 is 11.8 Å². The van der Waals surface area contributed by atoms with Gasteiger partial charge in [-0.2, -0.15) is 0 Å². The SMILES string of the molecule is COc1ccc(C2CC(=O)c3c(OC)ccc(OC)c3S2)cc1OC. The maximum Gasteiger partial charge on any atom is 0.169 e. The standard InChI is InChI=1S/C19H20O5S/c1-21-13-6-5-11(9-16(13)24-4)17-10-12(20)18-14(22-2)7-8-15(23-3)19(18)25-17/h5-9,17H,10H2,1-4H3. The molecule has 0 saturated carbocycles. The van der Waals surface area contributed by atoms with Gasteiger partial charge in [-0.1, -0.05) is 6.07 Å². The Balaban J connectivity index is 2.03. The van der Waals surface area contributed by atoms with Crippen molar-refractivity contribution in [3.63, 3.8) is 0 Å². The summed E-state index contributed by atoms with van der Waals surface area (Å²) in [4.78, 5) is 13.6. The Kier molecular flexibility index (Phi) is 5.08. The van der Waals surface area contributed by atoms with E-state index in [-0.39, 0.29) is 11.0 Å². The molecule has 1 heterocycles. The Morgan fingerprint density at radius 3 is 2.08 bits per heavy atom. The van der Waals surface area contributed by atoms with Gasteiger partial charge in [-0.15, -0.1) is 11.8 Å². The number of benzene rings is 2. The number of carbonyl (C=O) groups excluding carboxylic acids is 1. The van der Waals surface area contributed by atoms with Gasteiger partial charge in [-0.3, -0.25) is 4.79 Å². The van der Waals surface area contributed by atoms with E-state index in [1.807, 2.05) is 24.3 Å². The van der Waals surface area contributed by atoms with Crippen LogP contribution < -0.4 is 18.9 Å². The van der Waals surface area contributed by atoms with Crippen molar-refractivity contribution in [1.82, 2.24) is 0 Å². The zero-order valence-corrected chi connectivity index (χ0v) is 15.4. The van der Waals surface area contributed by atoms with E-state index in [1.165, 1.54) is 0 Å². The third-order valence-corrected chi connectivity index (χ3v) is 5.58. The highest BCUT2D eigenvalue weighted by Crippen LogP contribution is 2.51. The number of hydrogen-bond acceptors (Lipinski definition) is 6. The molecule has 5 nitrogen and oxygen atoms in total. The summed E-state index contributed by atoms with van der Waals surface area (Å²) in [5, 5.41) is -0.0270. The topological polar surface area (TPSA) is 54.0 Å². The van der Waals surface area contributed by atoms with E-state index in [2.05, 4.69) is 0 Å². The molecule has 1 aliphatic heterocycles. The number of rotatable bonds is 5. The molecule has 0 radical (unpaired) electrons. The Labute approximate surface area is 151 Å². The Morgan fingerprint density at radius 1 is 0.840 bits per heavy atom. The van der Waals surface area contributed by atoms with Crippen molar-refractivity contribution in [3.05, 3.63) is 41.5 Å². The lowest BCUT2D eigenvalue weighted by Gasteiger charge is -2.26. The Morgan fingerprint density at radius 2 is 1.44 bits per heavy atom. The number of Topliss-reactive ketones (excluding diaryl/α,β-unsaturated/α-hetero) is 1. The quantitative estimate of drug-likeness (QED) is 0.799. The molecule has 1 unspecified atom stereocenters. The van der Waals surface area contributed by atoms with Crippen molar-refractivity contribution in [2.75, 3.05) is 28.4 Å². The zero-order chi connectivity index (χ0) is 18.0. The molecule has 0 N–H and O–H groups in total. The second kappa shape index (κ2) is 7.27. The molecule has 6 heteroatoms. The normalized spacial score (nSPS) is 16.2.